The van der Waals surface area contributed by atoms with Gasteiger partial charge in [0.1, 0.15) is 0 Å². The van der Waals surface area contributed by atoms with E-state index in [0.29, 0.717) is 17.5 Å². The van der Waals surface area contributed by atoms with Crippen LogP contribution in [0.1, 0.15) is 25.7 Å². The molecule has 2 atom stereocenters. The summed E-state index contributed by atoms with van der Waals surface area (Å²) in [6, 6.07) is 5.49. The second-order valence-corrected chi connectivity index (χ2v) is 6.60. The minimum atomic E-state index is 0.0465. The summed E-state index contributed by atoms with van der Waals surface area (Å²) < 4.78 is 0.957. The van der Waals surface area contributed by atoms with Gasteiger partial charge in [-0.3, -0.25) is 4.79 Å². The molecule has 0 heterocycles. The van der Waals surface area contributed by atoms with E-state index in [-0.39, 0.29) is 11.8 Å². The normalized spacial score (nSPS) is 23.1. The molecule has 3 N–H and O–H groups in total. The topological polar surface area (TPSA) is 55.1 Å². The molecule has 104 valence electrons. The van der Waals surface area contributed by atoms with Gasteiger partial charge in [0.2, 0.25) is 5.91 Å². The first-order valence-corrected chi connectivity index (χ1v) is 8.03. The first-order chi connectivity index (χ1) is 9.11. The molecule has 1 saturated carbocycles. The lowest BCUT2D eigenvalue weighted by atomic mass is 9.78. The summed E-state index contributed by atoms with van der Waals surface area (Å²) in [7, 11) is 0. The molecular weight excluding hydrogens is 375 g/mol. The number of amides is 1. The van der Waals surface area contributed by atoms with E-state index in [1.165, 1.54) is 6.42 Å². The highest BCUT2D eigenvalue weighted by Crippen LogP contribution is 2.31. The van der Waals surface area contributed by atoms with Gasteiger partial charge >= 0.3 is 0 Å². The third-order valence-electron chi connectivity index (χ3n) is 3.74. The summed E-state index contributed by atoms with van der Waals surface area (Å²) >= 11 is 8.09. The molecule has 0 aliphatic heterocycles. The fourth-order valence-corrected chi connectivity index (χ4v) is 3.66. The summed E-state index contributed by atoms with van der Waals surface area (Å²) in [5.41, 5.74) is 6.61. The SMILES string of the molecule is NCC1CCCCC1C(=O)Nc1ccc(Cl)cc1I. The molecule has 0 radical (unpaired) electrons. The van der Waals surface area contributed by atoms with Gasteiger partial charge in [-0.25, -0.2) is 0 Å². The van der Waals surface area contributed by atoms with E-state index in [2.05, 4.69) is 27.9 Å². The molecule has 19 heavy (non-hydrogen) atoms. The second-order valence-electron chi connectivity index (χ2n) is 5.00. The van der Waals surface area contributed by atoms with E-state index in [1.54, 1.807) is 6.07 Å². The van der Waals surface area contributed by atoms with Crippen molar-refractivity contribution in [3.63, 3.8) is 0 Å². The molecule has 1 aliphatic carbocycles. The van der Waals surface area contributed by atoms with Crippen LogP contribution in [0.3, 0.4) is 0 Å². The molecule has 0 spiro atoms. The highest BCUT2D eigenvalue weighted by atomic mass is 127. The highest BCUT2D eigenvalue weighted by Gasteiger charge is 2.30. The van der Waals surface area contributed by atoms with Gasteiger partial charge in [-0.15, -0.1) is 0 Å². The molecule has 0 bridgehead atoms. The number of carbonyl (C=O) groups excluding carboxylic acids is 1. The van der Waals surface area contributed by atoms with Crippen LogP contribution in [0, 0.1) is 15.4 Å². The Labute approximate surface area is 132 Å². The summed E-state index contributed by atoms with van der Waals surface area (Å²) in [5.74, 6) is 0.458. The maximum absolute atomic E-state index is 12.4. The van der Waals surface area contributed by atoms with Crippen molar-refractivity contribution >= 4 is 45.8 Å². The molecule has 3 nitrogen and oxygen atoms in total. The third-order valence-corrected chi connectivity index (χ3v) is 4.87. The summed E-state index contributed by atoms with van der Waals surface area (Å²) in [6.45, 7) is 0.593. The standard InChI is InChI=1S/C14H18ClIN2O/c15-10-5-6-13(12(16)7-10)18-14(19)11-4-2-1-3-9(11)8-17/h5-7,9,11H,1-4,8,17H2,(H,18,19). The van der Waals surface area contributed by atoms with Crippen LogP contribution in [0.4, 0.5) is 5.69 Å². The average molecular weight is 393 g/mol. The zero-order valence-electron chi connectivity index (χ0n) is 10.7. The molecule has 2 rings (SSSR count). The monoisotopic (exact) mass is 392 g/mol. The van der Waals surface area contributed by atoms with Gasteiger partial charge in [-0.2, -0.15) is 0 Å². The van der Waals surface area contributed by atoms with Crippen LogP contribution in [-0.2, 0) is 4.79 Å². The Bertz CT molecular complexity index is 467. The quantitative estimate of drug-likeness (QED) is 0.772. The van der Waals surface area contributed by atoms with Crippen LogP contribution in [0.5, 0.6) is 0 Å². The number of carbonyl (C=O) groups is 1. The number of hydrogen-bond acceptors (Lipinski definition) is 2. The smallest absolute Gasteiger partial charge is 0.227 e. The number of nitrogens with two attached hydrogens (primary N) is 1. The van der Waals surface area contributed by atoms with E-state index >= 15 is 0 Å². The summed E-state index contributed by atoms with van der Waals surface area (Å²) in [4.78, 5) is 12.4. The zero-order valence-corrected chi connectivity index (χ0v) is 13.6. The van der Waals surface area contributed by atoms with Crippen LogP contribution in [-0.4, -0.2) is 12.5 Å². The number of rotatable bonds is 3. The molecule has 2 unspecified atom stereocenters. The molecule has 1 aromatic rings. The number of anilines is 1. The van der Waals surface area contributed by atoms with Crippen molar-refractivity contribution in [2.45, 2.75) is 25.7 Å². The van der Waals surface area contributed by atoms with E-state index in [1.807, 2.05) is 12.1 Å². The lowest BCUT2D eigenvalue weighted by molar-refractivity contribution is -0.122. The number of benzene rings is 1. The van der Waals surface area contributed by atoms with Crippen LogP contribution in [0.25, 0.3) is 0 Å². The van der Waals surface area contributed by atoms with Crippen molar-refractivity contribution < 1.29 is 4.79 Å². The molecule has 5 heteroatoms. The first-order valence-electron chi connectivity index (χ1n) is 6.58. The second kappa shape index (κ2) is 6.90. The van der Waals surface area contributed by atoms with Crippen molar-refractivity contribution in [2.24, 2.45) is 17.6 Å². The van der Waals surface area contributed by atoms with Crippen molar-refractivity contribution in [1.82, 2.24) is 0 Å². The van der Waals surface area contributed by atoms with Crippen LogP contribution in [0.2, 0.25) is 5.02 Å². The maximum Gasteiger partial charge on any atom is 0.227 e. The minimum Gasteiger partial charge on any atom is -0.330 e. The largest absolute Gasteiger partial charge is 0.330 e. The average Bonchev–Trinajstić information content (AvgIpc) is 2.41. The van der Waals surface area contributed by atoms with Crippen molar-refractivity contribution in [2.75, 3.05) is 11.9 Å². The number of hydrogen-bond donors (Lipinski definition) is 2. The molecule has 1 aromatic carbocycles. The molecular formula is C14H18ClIN2O. The molecule has 1 amide bonds. The first kappa shape index (κ1) is 15.1. The Morgan fingerprint density at radius 1 is 1.42 bits per heavy atom. The van der Waals surface area contributed by atoms with Crippen LogP contribution < -0.4 is 11.1 Å². The Kier molecular flexibility index (Phi) is 5.47. The van der Waals surface area contributed by atoms with E-state index < -0.39 is 0 Å². The Morgan fingerprint density at radius 2 is 2.16 bits per heavy atom. The maximum atomic E-state index is 12.4. The summed E-state index contributed by atoms with van der Waals surface area (Å²) in [5, 5.41) is 3.69. The fourth-order valence-electron chi connectivity index (χ4n) is 2.65. The molecule has 0 saturated heterocycles. The van der Waals surface area contributed by atoms with Crippen molar-refractivity contribution in [1.29, 1.82) is 0 Å². The fraction of sp³-hybridized carbons (Fsp3) is 0.500. The zero-order chi connectivity index (χ0) is 13.8. The Hall–Kier alpha value is -0.330. The van der Waals surface area contributed by atoms with E-state index in [0.717, 1.165) is 28.5 Å². The molecule has 1 aliphatic rings. The Morgan fingerprint density at radius 3 is 2.84 bits per heavy atom. The van der Waals surface area contributed by atoms with Crippen molar-refractivity contribution in [3.8, 4) is 0 Å². The lowest BCUT2D eigenvalue weighted by Gasteiger charge is -2.29. The van der Waals surface area contributed by atoms with Gasteiger partial charge in [-0.05, 0) is 66.1 Å². The van der Waals surface area contributed by atoms with Crippen LogP contribution >= 0.6 is 34.2 Å². The lowest BCUT2D eigenvalue weighted by Crippen LogP contribution is -2.35. The number of nitrogens with one attached hydrogen (secondary N) is 1. The highest BCUT2D eigenvalue weighted by molar-refractivity contribution is 14.1. The summed E-state index contributed by atoms with van der Waals surface area (Å²) in [6.07, 6.45) is 4.31. The minimum absolute atomic E-state index is 0.0465. The number of halogens is 2. The van der Waals surface area contributed by atoms with Crippen molar-refractivity contribution in [3.05, 3.63) is 26.8 Å². The molecule has 1 fully saturated rings. The van der Waals surface area contributed by atoms with Gasteiger partial charge < -0.3 is 11.1 Å². The predicted molar refractivity (Wildman–Crippen MR) is 87.3 cm³/mol. The predicted octanol–water partition coefficient (Wildman–Crippen LogP) is 3.65. The molecule has 0 aromatic heterocycles. The third kappa shape index (κ3) is 3.83. The van der Waals surface area contributed by atoms with Gasteiger partial charge in [-0.1, -0.05) is 24.4 Å². The van der Waals surface area contributed by atoms with Crippen LogP contribution in [0.15, 0.2) is 18.2 Å². The van der Waals surface area contributed by atoms with E-state index in [9.17, 15) is 4.79 Å². The van der Waals surface area contributed by atoms with Gasteiger partial charge in [0, 0.05) is 14.5 Å². The van der Waals surface area contributed by atoms with Gasteiger partial charge in [0.05, 0.1) is 5.69 Å². The van der Waals surface area contributed by atoms with Gasteiger partial charge in [0.15, 0.2) is 0 Å². The Balaban J connectivity index is 2.07. The van der Waals surface area contributed by atoms with Gasteiger partial charge in [0.25, 0.3) is 0 Å². The van der Waals surface area contributed by atoms with E-state index in [4.69, 9.17) is 17.3 Å².